The van der Waals surface area contributed by atoms with E-state index in [0.29, 0.717) is 12.0 Å². The largest absolute Gasteiger partial charge is 0.280 e. The van der Waals surface area contributed by atoms with Crippen molar-refractivity contribution in [2.75, 3.05) is 0 Å². The van der Waals surface area contributed by atoms with Crippen LogP contribution in [0.3, 0.4) is 0 Å². The molecule has 0 radical (unpaired) electrons. The lowest BCUT2D eigenvalue weighted by molar-refractivity contribution is -0.116. The Kier molecular flexibility index (Phi) is 4.16. The van der Waals surface area contributed by atoms with Gasteiger partial charge in [0.05, 0.1) is 17.0 Å². The van der Waals surface area contributed by atoms with Gasteiger partial charge in [-0.1, -0.05) is 12.1 Å². The smallest absolute Gasteiger partial charge is 0.232 e. The van der Waals surface area contributed by atoms with Crippen molar-refractivity contribution in [3.05, 3.63) is 65.5 Å². The highest BCUT2D eigenvalue weighted by Crippen LogP contribution is 2.31. The second-order valence-electron chi connectivity index (χ2n) is 4.83. The van der Waals surface area contributed by atoms with Crippen LogP contribution in [0.15, 0.2) is 48.8 Å². The van der Waals surface area contributed by atoms with Gasteiger partial charge in [0.1, 0.15) is 0 Å². The van der Waals surface area contributed by atoms with E-state index < -0.39 is 10.7 Å². The zero-order chi connectivity index (χ0) is 14.6. The van der Waals surface area contributed by atoms with Crippen LogP contribution in [0.1, 0.15) is 23.6 Å². The molecule has 1 aromatic heterocycles. The van der Waals surface area contributed by atoms with Crippen molar-refractivity contribution < 1.29 is 4.79 Å². The van der Waals surface area contributed by atoms with Gasteiger partial charge in [0, 0.05) is 12.4 Å². The molecular weight excluding hydrogens is 272 g/mol. The van der Waals surface area contributed by atoms with E-state index in [1.807, 2.05) is 19.1 Å². The third-order valence-electron chi connectivity index (χ3n) is 3.39. The van der Waals surface area contributed by atoms with Crippen molar-refractivity contribution in [3.63, 3.8) is 0 Å². The van der Waals surface area contributed by atoms with Gasteiger partial charge in [-0.2, -0.15) is 5.26 Å². The van der Waals surface area contributed by atoms with Crippen molar-refractivity contribution in [2.45, 2.75) is 18.8 Å². The van der Waals surface area contributed by atoms with Crippen molar-refractivity contribution in [2.24, 2.45) is 0 Å². The van der Waals surface area contributed by atoms with Crippen LogP contribution in [0.25, 0.3) is 0 Å². The van der Waals surface area contributed by atoms with Crippen molar-refractivity contribution in [1.29, 1.82) is 5.26 Å². The Bertz CT molecular complexity index is 646. The van der Waals surface area contributed by atoms with Crippen LogP contribution in [0.4, 0.5) is 0 Å². The monoisotopic (exact) mass is 284 g/mol. The number of halogens is 1. The van der Waals surface area contributed by atoms with Gasteiger partial charge in [0.25, 0.3) is 0 Å². The molecule has 1 heterocycles. The lowest BCUT2D eigenvalue weighted by Crippen LogP contribution is -2.31. The van der Waals surface area contributed by atoms with Gasteiger partial charge < -0.3 is 0 Å². The fraction of sp³-hybridized carbons (Fsp3) is 0.188. The summed E-state index contributed by atoms with van der Waals surface area (Å²) in [7, 11) is 0. The highest BCUT2D eigenvalue weighted by molar-refractivity contribution is 6.65. The molecular formula is C16H13ClN2O. The van der Waals surface area contributed by atoms with Gasteiger partial charge in [-0.25, -0.2) is 0 Å². The average Bonchev–Trinajstić information content (AvgIpc) is 2.48. The van der Waals surface area contributed by atoms with Crippen LogP contribution in [0, 0.1) is 11.3 Å². The molecule has 4 heteroatoms. The standard InChI is InChI=1S/C16H13ClN2O/c1-16(15(17)20,10-12-6-8-19-9-7-12)14-4-2-13(11-18)3-5-14/h2-9H,10H2,1H3. The number of hydrogen-bond acceptors (Lipinski definition) is 3. The third-order valence-corrected chi connectivity index (χ3v) is 3.81. The van der Waals surface area contributed by atoms with Gasteiger partial charge in [0.2, 0.25) is 5.24 Å². The number of rotatable bonds is 4. The summed E-state index contributed by atoms with van der Waals surface area (Å²) in [5.41, 5.74) is 1.52. The molecule has 1 unspecified atom stereocenters. The summed E-state index contributed by atoms with van der Waals surface area (Å²) in [5, 5.41) is 8.41. The predicted octanol–water partition coefficient (Wildman–Crippen LogP) is 3.22. The maximum atomic E-state index is 11.9. The minimum Gasteiger partial charge on any atom is -0.280 e. The van der Waals surface area contributed by atoms with E-state index in [2.05, 4.69) is 11.1 Å². The zero-order valence-corrected chi connectivity index (χ0v) is 11.8. The van der Waals surface area contributed by atoms with Crippen LogP contribution in [0.5, 0.6) is 0 Å². The van der Waals surface area contributed by atoms with E-state index in [4.69, 9.17) is 16.9 Å². The summed E-state index contributed by atoms with van der Waals surface area (Å²) in [5.74, 6) is 0. The molecule has 0 aliphatic rings. The third kappa shape index (κ3) is 2.87. The van der Waals surface area contributed by atoms with Gasteiger partial charge >= 0.3 is 0 Å². The van der Waals surface area contributed by atoms with Crippen molar-refractivity contribution in [1.82, 2.24) is 4.98 Å². The number of benzene rings is 1. The summed E-state index contributed by atoms with van der Waals surface area (Å²) in [4.78, 5) is 15.9. The van der Waals surface area contributed by atoms with Crippen LogP contribution in [0.2, 0.25) is 0 Å². The Hall–Kier alpha value is -2.18. The predicted molar refractivity (Wildman–Crippen MR) is 77.3 cm³/mol. The molecule has 0 amide bonds. The maximum Gasteiger partial charge on any atom is 0.232 e. The Morgan fingerprint density at radius 3 is 2.35 bits per heavy atom. The maximum absolute atomic E-state index is 11.9. The van der Waals surface area contributed by atoms with Crippen molar-refractivity contribution in [3.8, 4) is 6.07 Å². The van der Waals surface area contributed by atoms with Crippen LogP contribution in [-0.2, 0) is 16.6 Å². The molecule has 0 N–H and O–H groups in total. The molecule has 2 rings (SSSR count). The van der Waals surface area contributed by atoms with Crippen LogP contribution in [-0.4, -0.2) is 10.2 Å². The highest BCUT2D eigenvalue weighted by atomic mass is 35.5. The quantitative estimate of drug-likeness (QED) is 0.810. The molecule has 0 spiro atoms. The molecule has 100 valence electrons. The topological polar surface area (TPSA) is 53.8 Å². The van der Waals surface area contributed by atoms with Crippen LogP contribution < -0.4 is 0 Å². The fourth-order valence-corrected chi connectivity index (χ4v) is 2.28. The first-order valence-corrected chi connectivity index (χ1v) is 6.53. The first-order valence-electron chi connectivity index (χ1n) is 6.16. The van der Waals surface area contributed by atoms with Gasteiger partial charge in [-0.15, -0.1) is 0 Å². The first-order chi connectivity index (χ1) is 9.56. The van der Waals surface area contributed by atoms with Crippen molar-refractivity contribution >= 4 is 16.8 Å². The molecule has 0 fully saturated rings. The Morgan fingerprint density at radius 1 is 1.25 bits per heavy atom. The minimum absolute atomic E-state index is 0.418. The van der Waals surface area contributed by atoms with E-state index in [1.165, 1.54) is 0 Å². The number of nitrogens with zero attached hydrogens (tertiary/aromatic N) is 2. The molecule has 0 aliphatic heterocycles. The molecule has 0 saturated carbocycles. The molecule has 1 aromatic carbocycles. The molecule has 20 heavy (non-hydrogen) atoms. The van der Waals surface area contributed by atoms with E-state index >= 15 is 0 Å². The lowest BCUT2D eigenvalue weighted by Gasteiger charge is -2.26. The summed E-state index contributed by atoms with van der Waals surface area (Å²) in [6, 6.07) is 12.7. The van der Waals surface area contributed by atoms with E-state index in [0.717, 1.165) is 11.1 Å². The number of carbonyl (C=O) groups excluding carboxylic acids is 1. The van der Waals surface area contributed by atoms with Gasteiger partial charge in [-0.3, -0.25) is 9.78 Å². The number of hydrogen-bond donors (Lipinski definition) is 0. The van der Waals surface area contributed by atoms with Crippen LogP contribution >= 0.6 is 11.6 Å². The number of pyridine rings is 1. The highest BCUT2D eigenvalue weighted by Gasteiger charge is 2.34. The molecule has 0 saturated heterocycles. The summed E-state index contributed by atoms with van der Waals surface area (Å²) in [6.07, 6.45) is 3.87. The summed E-state index contributed by atoms with van der Waals surface area (Å²) < 4.78 is 0. The molecule has 0 aliphatic carbocycles. The van der Waals surface area contributed by atoms with E-state index in [9.17, 15) is 4.79 Å². The Morgan fingerprint density at radius 2 is 1.85 bits per heavy atom. The Labute approximate surface area is 122 Å². The first kappa shape index (κ1) is 14.2. The number of aromatic nitrogens is 1. The zero-order valence-electron chi connectivity index (χ0n) is 11.0. The second-order valence-corrected chi connectivity index (χ2v) is 5.17. The average molecular weight is 285 g/mol. The Balaban J connectivity index is 2.38. The minimum atomic E-state index is -0.823. The lowest BCUT2D eigenvalue weighted by atomic mass is 9.78. The van der Waals surface area contributed by atoms with E-state index in [1.54, 1.807) is 36.7 Å². The second kappa shape index (κ2) is 5.85. The van der Waals surface area contributed by atoms with E-state index in [-0.39, 0.29) is 0 Å². The van der Waals surface area contributed by atoms with Gasteiger partial charge in [0.15, 0.2) is 0 Å². The number of carbonyl (C=O) groups is 1. The normalized spacial score (nSPS) is 13.2. The molecule has 3 nitrogen and oxygen atoms in total. The number of nitriles is 1. The SMILES string of the molecule is CC(Cc1ccncc1)(C(=O)Cl)c1ccc(C#N)cc1. The summed E-state index contributed by atoms with van der Waals surface area (Å²) >= 11 is 5.82. The molecule has 2 aromatic rings. The summed E-state index contributed by atoms with van der Waals surface area (Å²) in [6.45, 7) is 1.81. The van der Waals surface area contributed by atoms with Gasteiger partial charge in [-0.05, 0) is 60.3 Å². The fourth-order valence-electron chi connectivity index (χ4n) is 2.11. The molecule has 1 atom stereocenters. The molecule has 0 bridgehead atoms.